The quantitative estimate of drug-likeness (QED) is 0.734. The minimum absolute atomic E-state index is 0.489. The van der Waals surface area contributed by atoms with Gasteiger partial charge in [0, 0.05) is 11.6 Å². The first-order valence-corrected chi connectivity index (χ1v) is 5.02. The van der Waals surface area contributed by atoms with Crippen LogP contribution >= 0.6 is 23.6 Å². The number of hydrogen-bond donors (Lipinski definition) is 1. The van der Waals surface area contributed by atoms with Crippen molar-refractivity contribution >= 4 is 23.6 Å². The summed E-state index contributed by atoms with van der Waals surface area (Å²) < 4.78 is 0.489. The van der Waals surface area contributed by atoms with Crippen molar-refractivity contribution in [3.05, 3.63) is 27.4 Å². The van der Waals surface area contributed by atoms with Crippen molar-refractivity contribution < 1.29 is 0 Å². The van der Waals surface area contributed by atoms with Gasteiger partial charge in [-0.2, -0.15) is 0 Å². The van der Waals surface area contributed by atoms with Crippen molar-refractivity contribution in [1.29, 1.82) is 0 Å². The molecule has 3 nitrogen and oxygen atoms in total. The number of nitrogens with zero attached hydrogens (tertiary/aromatic N) is 2. The molecule has 0 aliphatic carbocycles. The van der Waals surface area contributed by atoms with Crippen molar-refractivity contribution in [2.75, 3.05) is 0 Å². The standard InChI is InChI=1S/C8H7N3S2/c1-5-10-7(4-13-5)6-2-3-9-8(12)11-6/h2-4H,1H3,(H,9,11,12). The number of nitrogens with one attached hydrogen (secondary N) is 1. The van der Waals surface area contributed by atoms with Gasteiger partial charge in [0.2, 0.25) is 0 Å². The molecular formula is C8H7N3S2. The second-order valence-corrected chi connectivity index (χ2v) is 3.99. The number of H-pyrrole nitrogens is 1. The predicted octanol–water partition coefficient (Wildman–Crippen LogP) is 2.57. The summed E-state index contributed by atoms with van der Waals surface area (Å²) in [7, 11) is 0. The highest BCUT2D eigenvalue weighted by molar-refractivity contribution is 7.71. The van der Waals surface area contributed by atoms with Crippen LogP contribution in [0.4, 0.5) is 0 Å². The summed E-state index contributed by atoms with van der Waals surface area (Å²) in [5.41, 5.74) is 1.85. The van der Waals surface area contributed by atoms with Gasteiger partial charge in [0.1, 0.15) is 0 Å². The van der Waals surface area contributed by atoms with Gasteiger partial charge in [-0.3, -0.25) is 0 Å². The van der Waals surface area contributed by atoms with E-state index in [0.717, 1.165) is 16.4 Å². The van der Waals surface area contributed by atoms with E-state index < -0.39 is 0 Å². The fourth-order valence-electron chi connectivity index (χ4n) is 1.01. The summed E-state index contributed by atoms with van der Waals surface area (Å²) in [6.45, 7) is 1.98. The average Bonchev–Trinajstić information content (AvgIpc) is 2.52. The molecule has 0 aliphatic rings. The van der Waals surface area contributed by atoms with Crippen LogP contribution in [0.2, 0.25) is 0 Å². The van der Waals surface area contributed by atoms with Crippen molar-refractivity contribution in [2.24, 2.45) is 0 Å². The Labute approximate surface area is 84.5 Å². The van der Waals surface area contributed by atoms with Crippen molar-refractivity contribution in [2.45, 2.75) is 6.92 Å². The van der Waals surface area contributed by atoms with Crippen LogP contribution in [0.3, 0.4) is 0 Å². The van der Waals surface area contributed by atoms with Crippen LogP contribution in [-0.4, -0.2) is 15.0 Å². The van der Waals surface area contributed by atoms with E-state index in [2.05, 4.69) is 15.0 Å². The zero-order valence-corrected chi connectivity index (χ0v) is 8.58. The summed E-state index contributed by atoms with van der Waals surface area (Å²) in [4.78, 5) is 11.2. The first kappa shape index (κ1) is 8.52. The van der Waals surface area contributed by atoms with Gasteiger partial charge in [0.05, 0.1) is 16.4 Å². The molecule has 0 amide bonds. The van der Waals surface area contributed by atoms with E-state index >= 15 is 0 Å². The molecule has 66 valence electrons. The SMILES string of the molecule is Cc1nc(-c2ccnc(=S)[nH]2)cs1. The smallest absolute Gasteiger partial charge is 0.197 e. The third kappa shape index (κ3) is 1.81. The van der Waals surface area contributed by atoms with Gasteiger partial charge in [-0.25, -0.2) is 9.97 Å². The van der Waals surface area contributed by atoms with Gasteiger partial charge in [0.25, 0.3) is 0 Å². The molecule has 0 radical (unpaired) electrons. The van der Waals surface area contributed by atoms with Gasteiger partial charge in [-0.05, 0) is 25.2 Å². The van der Waals surface area contributed by atoms with Gasteiger partial charge < -0.3 is 4.98 Å². The minimum atomic E-state index is 0.489. The number of aromatic amines is 1. The lowest BCUT2D eigenvalue weighted by Gasteiger charge is -1.94. The number of rotatable bonds is 1. The Balaban J connectivity index is 2.52. The highest BCUT2D eigenvalue weighted by Gasteiger charge is 2.00. The molecule has 2 heterocycles. The first-order valence-electron chi connectivity index (χ1n) is 3.73. The molecule has 1 N–H and O–H groups in total. The van der Waals surface area contributed by atoms with E-state index in [4.69, 9.17) is 12.2 Å². The molecule has 0 aliphatic heterocycles. The molecule has 2 aromatic heterocycles. The van der Waals surface area contributed by atoms with E-state index in [-0.39, 0.29) is 0 Å². The molecule has 13 heavy (non-hydrogen) atoms. The Morgan fingerprint density at radius 3 is 3.00 bits per heavy atom. The van der Waals surface area contributed by atoms with Gasteiger partial charge in [-0.1, -0.05) is 0 Å². The Kier molecular flexibility index (Phi) is 2.20. The van der Waals surface area contributed by atoms with Crippen LogP contribution in [0, 0.1) is 11.7 Å². The largest absolute Gasteiger partial charge is 0.329 e. The van der Waals surface area contributed by atoms with Crippen LogP contribution in [0.5, 0.6) is 0 Å². The maximum Gasteiger partial charge on any atom is 0.197 e. The lowest BCUT2D eigenvalue weighted by molar-refractivity contribution is 1.12. The number of thiazole rings is 1. The molecule has 2 rings (SSSR count). The number of aromatic nitrogens is 3. The molecule has 0 saturated carbocycles. The molecule has 0 fully saturated rings. The van der Waals surface area contributed by atoms with Crippen LogP contribution in [0.15, 0.2) is 17.6 Å². The Bertz CT molecular complexity index is 472. The summed E-state index contributed by atoms with van der Waals surface area (Å²) in [6.07, 6.45) is 1.68. The minimum Gasteiger partial charge on any atom is -0.329 e. The monoisotopic (exact) mass is 209 g/mol. The van der Waals surface area contributed by atoms with E-state index in [0.29, 0.717) is 4.77 Å². The summed E-state index contributed by atoms with van der Waals surface area (Å²) in [5.74, 6) is 0. The van der Waals surface area contributed by atoms with Crippen molar-refractivity contribution in [1.82, 2.24) is 15.0 Å². The lowest BCUT2D eigenvalue weighted by atomic mass is 10.3. The van der Waals surface area contributed by atoms with Gasteiger partial charge in [0.15, 0.2) is 4.77 Å². The van der Waals surface area contributed by atoms with Crippen LogP contribution in [0.1, 0.15) is 5.01 Å². The van der Waals surface area contributed by atoms with Gasteiger partial charge >= 0.3 is 0 Å². The van der Waals surface area contributed by atoms with E-state index in [1.54, 1.807) is 17.5 Å². The third-order valence-corrected chi connectivity index (χ3v) is 2.55. The molecule has 2 aromatic rings. The van der Waals surface area contributed by atoms with Crippen LogP contribution < -0.4 is 0 Å². The Morgan fingerprint density at radius 2 is 2.38 bits per heavy atom. The summed E-state index contributed by atoms with van der Waals surface area (Å²) >= 11 is 6.53. The summed E-state index contributed by atoms with van der Waals surface area (Å²) in [5, 5.41) is 3.04. The maximum atomic E-state index is 4.92. The van der Waals surface area contributed by atoms with Crippen molar-refractivity contribution in [3.63, 3.8) is 0 Å². The molecule has 0 bridgehead atoms. The number of hydrogen-bond acceptors (Lipinski definition) is 4. The molecule has 0 atom stereocenters. The predicted molar refractivity (Wildman–Crippen MR) is 55.3 cm³/mol. The average molecular weight is 209 g/mol. The lowest BCUT2D eigenvalue weighted by Crippen LogP contribution is -1.85. The van der Waals surface area contributed by atoms with E-state index in [1.165, 1.54) is 0 Å². The number of aryl methyl sites for hydroxylation is 1. The zero-order valence-electron chi connectivity index (χ0n) is 6.94. The van der Waals surface area contributed by atoms with E-state index in [1.807, 2.05) is 18.4 Å². The highest BCUT2D eigenvalue weighted by atomic mass is 32.1. The van der Waals surface area contributed by atoms with Gasteiger partial charge in [-0.15, -0.1) is 11.3 Å². The summed E-state index contributed by atoms with van der Waals surface area (Å²) in [6, 6.07) is 1.87. The molecule has 0 unspecified atom stereocenters. The molecule has 0 saturated heterocycles. The fourth-order valence-corrected chi connectivity index (χ4v) is 1.79. The van der Waals surface area contributed by atoms with Crippen molar-refractivity contribution in [3.8, 4) is 11.4 Å². The van der Waals surface area contributed by atoms with E-state index in [9.17, 15) is 0 Å². The van der Waals surface area contributed by atoms with Crippen LogP contribution in [0.25, 0.3) is 11.4 Å². The zero-order chi connectivity index (χ0) is 9.26. The fraction of sp³-hybridized carbons (Fsp3) is 0.125. The molecule has 5 heteroatoms. The topological polar surface area (TPSA) is 41.6 Å². The molecule has 0 aromatic carbocycles. The Morgan fingerprint density at radius 1 is 1.54 bits per heavy atom. The highest BCUT2D eigenvalue weighted by Crippen LogP contribution is 2.18. The molecule has 0 spiro atoms. The Hall–Kier alpha value is -1.07. The first-order chi connectivity index (χ1) is 6.25. The normalized spacial score (nSPS) is 10.2. The van der Waals surface area contributed by atoms with Crippen LogP contribution in [-0.2, 0) is 0 Å². The second kappa shape index (κ2) is 3.35. The second-order valence-electron chi connectivity index (χ2n) is 2.54. The third-order valence-electron chi connectivity index (χ3n) is 1.57. The molecular weight excluding hydrogens is 202 g/mol. The maximum absolute atomic E-state index is 4.92.